The van der Waals surface area contributed by atoms with E-state index in [1.165, 1.54) is 6.07 Å². The first-order valence-electron chi connectivity index (χ1n) is 9.37. The van der Waals surface area contributed by atoms with Crippen molar-refractivity contribution in [3.8, 4) is 17.2 Å². The molecule has 0 radical (unpaired) electrons. The number of rotatable bonds is 8. The third kappa shape index (κ3) is 5.05. The number of phenolic OH excluding ortho intramolecular Hbond substituents is 1. The fourth-order valence-electron chi connectivity index (χ4n) is 3.40. The number of aliphatic hydroxyl groups is 1. The average Bonchev–Trinajstić information content (AvgIpc) is 2.72. The largest absolute Gasteiger partial charge is 0.508 e. The fourth-order valence-corrected chi connectivity index (χ4v) is 3.40. The lowest BCUT2D eigenvalue weighted by atomic mass is 10.2. The van der Waals surface area contributed by atoms with E-state index in [-0.39, 0.29) is 12.4 Å². The predicted octanol–water partition coefficient (Wildman–Crippen LogP) is 2.48. The highest BCUT2D eigenvalue weighted by Gasteiger charge is 2.19. The molecule has 0 bridgehead atoms. The van der Waals surface area contributed by atoms with E-state index in [0.29, 0.717) is 17.9 Å². The molecule has 2 aromatic carbocycles. The molecule has 1 fully saturated rings. The van der Waals surface area contributed by atoms with Crippen LogP contribution >= 0.6 is 0 Å². The van der Waals surface area contributed by atoms with Gasteiger partial charge in [0.15, 0.2) is 0 Å². The molecular formula is C21H28N2O4. The van der Waals surface area contributed by atoms with Crippen molar-refractivity contribution in [1.82, 2.24) is 4.90 Å². The Kier molecular flexibility index (Phi) is 6.79. The van der Waals surface area contributed by atoms with Crippen molar-refractivity contribution < 1.29 is 19.7 Å². The highest BCUT2D eigenvalue weighted by atomic mass is 16.5. The maximum absolute atomic E-state index is 9.46. The van der Waals surface area contributed by atoms with Gasteiger partial charge in [0.2, 0.25) is 0 Å². The van der Waals surface area contributed by atoms with Gasteiger partial charge in [-0.1, -0.05) is 12.1 Å². The van der Waals surface area contributed by atoms with Crippen LogP contribution in [-0.4, -0.2) is 61.6 Å². The van der Waals surface area contributed by atoms with Gasteiger partial charge in [0.1, 0.15) is 17.2 Å². The molecule has 0 spiro atoms. The van der Waals surface area contributed by atoms with Crippen LogP contribution in [0.2, 0.25) is 0 Å². The summed E-state index contributed by atoms with van der Waals surface area (Å²) in [5, 5.41) is 18.8. The van der Waals surface area contributed by atoms with Crippen molar-refractivity contribution >= 4 is 5.69 Å². The maximum Gasteiger partial charge on any atom is 0.142 e. The summed E-state index contributed by atoms with van der Waals surface area (Å²) in [4.78, 5) is 4.81. The van der Waals surface area contributed by atoms with Gasteiger partial charge in [-0.15, -0.1) is 0 Å². The Balaban J connectivity index is 1.41. The number of nitrogens with zero attached hydrogens (tertiary/aromatic N) is 2. The molecule has 0 amide bonds. The molecular weight excluding hydrogens is 344 g/mol. The van der Waals surface area contributed by atoms with Crippen molar-refractivity contribution in [2.45, 2.75) is 13.0 Å². The second kappa shape index (κ2) is 9.48. The van der Waals surface area contributed by atoms with Gasteiger partial charge < -0.3 is 24.6 Å². The minimum absolute atomic E-state index is 0.138. The van der Waals surface area contributed by atoms with E-state index in [0.717, 1.165) is 50.6 Å². The molecule has 1 aliphatic rings. The molecule has 0 aromatic heterocycles. The molecule has 1 saturated heterocycles. The van der Waals surface area contributed by atoms with E-state index < -0.39 is 0 Å². The van der Waals surface area contributed by atoms with Crippen LogP contribution in [0.25, 0.3) is 0 Å². The average molecular weight is 372 g/mol. The summed E-state index contributed by atoms with van der Waals surface area (Å²) in [6, 6.07) is 13.0. The number of methoxy groups -OCH3 is 1. The molecule has 27 heavy (non-hydrogen) atoms. The van der Waals surface area contributed by atoms with E-state index in [2.05, 4.69) is 15.9 Å². The van der Waals surface area contributed by atoms with Crippen LogP contribution in [0.1, 0.15) is 12.0 Å². The van der Waals surface area contributed by atoms with Gasteiger partial charge in [0.05, 0.1) is 26.0 Å². The molecule has 0 aliphatic carbocycles. The van der Waals surface area contributed by atoms with E-state index in [1.807, 2.05) is 18.2 Å². The number of aromatic hydroxyl groups is 1. The third-order valence-electron chi connectivity index (χ3n) is 4.89. The van der Waals surface area contributed by atoms with Gasteiger partial charge >= 0.3 is 0 Å². The number of ether oxygens (including phenoxy) is 2. The molecule has 1 aliphatic heterocycles. The molecule has 146 valence electrons. The summed E-state index contributed by atoms with van der Waals surface area (Å²) in [6.07, 6.45) is 0.917. The number of phenols is 1. The molecule has 0 unspecified atom stereocenters. The van der Waals surface area contributed by atoms with Crippen LogP contribution < -0.4 is 14.4 Å². The quantitative estimate of drug-likeness (QED) is 0.694. The second-order valence-electron chi connectivity index (χ2n) is 6.65. The van der Waals surface area contributed by atoms with Crippen molar-refractivity contribution in [1.29, 1.82) is 0 Å². The van der Waals surface area contributed by atoms with E-state index >= 15 is 0 Å². The fraction of sp³-hybridized carbons (Fsp3) is 0.429. The maximum atomic E-state index is 9.46. The molecule has 2 N–H and O–H groups in total. The lowest BCUT2D eigenvalue weighted by Crippen LogP contribution is -2.46. The first-order chi connectivity index (χ1) is 13.2. The van der Waals surface area contributed by atoms with Gasteiger partial charge in [-0.05, 0) is 36.8 Å². The van der Waals surface area contributed by atoms with Gasteiger partial charge in [-0.3, -0.25) is 4.90 Å². The third-order valence-corrected chi connectivity index (χ3v) is 4.89. The Morgan fingerprint density at radius 2 is 1.78 bits per heavy atom. The zero-order chi connectivity index (χ0) is 19.1. The topological polar surface area (TPSA) is 65.4 Å². The Morgan fingerprint density at radius 3 is 2.52 bits per heavy atom. The van der Waals surface area contributed by atoms with E-state index in [1.54, 1.807) is 19.2 Å². The standard InChI is InChI=1S/C21H28N2O4/c1-26-21-6-3-2-5-19(21)23-12-10-22(11-13-23)9-4-14-27-20-8-7-18(25)15-17(20)16-24/h2-3,5-8,15,24-25H,4,9-14,16H2,1H3. The van der Waals surface area contributed by atoms with Gasteiger partial charge in [-0.2, -0.15) is 0 Å². The Bertz CT molecular complexity index is 730. The highest BCUT2D eigenvalue weighted by Crippen LogP contribution is 2.28. The van der Waals surface area contributed by atoms with Crippen LogP contribution in [0.15, 0.2) is 42.5 Å². The number of hydrogen-bond donors (Lipinski definition) is 2. The Labute approximate surface area is 160 Å². The molecule has 0 saturated carbocycles. The van der Waals surface area contributed by atoms with Crippen molar-refractivity contribution in [3.63, 3.8) is 0 Å². The highest BCUT2D eigenvalue weighted by molar-refractivity contribution is 5.58. The minimum Gasteiger partial charge on any atom is -0.508 e. The SMILES string of the molecule is COc1ccccc1N1CCN(CCCOc2ccc(O)cc2CO)CC1. The smallest absolute Gasteiger partial charge is 0.142 e. The zero-order valence-electron chi connectivity index (χ0n) is 15.8. The normalized spacial score (nSPS) is 15.0. The summed E-state index contributed by atoms with van der Waals surface area (Å²) in [7, 11) is 1.71. The summed E-state index contributed by atoms with van der Waals surface area (Å²) >= 11 is 0. The molecule has 0 atom stereocenters. The van der Waals surface area contributed by atoms with Crippen LogP contribution in [-0.2, 0) is 6.61 Å². The van der Waals surface area contributed by atoms with Crippen molar-refractivity contribution in [3.05, 3.63) is 48.0 Å². The van der Waals surface area contributed by atoms with Crippen LogP contribution in [0.4, 0.5) is 5.69 Å². The molecule has 3 rings (SSSR count). The number of piperazine rings is 1. The van der Waals surface area contributed by atoms with E-state index in [9.17, 15) is 10.2 Å². The lowest BCUT2D eigenvalue weighted by Gasteiger charge is -2.36. The first kappa shape index (κ1) is 19.3. The zero-order valence-corrected chi connectivity index (χ0v) is 15.8. The van der Waals surface area contributed by atoms with Gasteiger partial charge in [-0.25, -0.2) is 0 Å². The molecule has 6 nitrogen and oxygen atoms in total. The monoisotopic (exact) mass is 372 g/mol. The van der Waals surface area contributed by atoms with Crippen LogP contribution in [0, 0.1) is 0 Å². The summed E-state index contributed by atoms with van der Waals surface area (Å²) in [5.41, 5.74) is 1.77. The van der Waals surface area contributed by atoms with Crippen LogP contribution in [0.5, 0.6) is 17.2 Å². The molecule has 1 heterocycles. The molecule has 6 heteroatoms. The van der Waals surface area contributed by atoms with Crippen molar-refractivity contribution in [2.24, 2.45) is 0 Å². The van der Waals surface area contributed by atoms with Crippen LogP contribution in [0.3, 0.4) is 0 Å². The van der Waals surface area contributed by atoms with Gasteiger partial charge in [0, 0.05) is 38.3 Å². The number of para-hydroxylation sites is 2. The summed E-state index contributed by atoms with van der Waals surface area (Å²) in [5.74, 6) is 1.70. The van der Waals surface area contributed by atoms with E-state index in [4.69, 9.17) is 9.47 Å². The minimum atomic E-state index is -0.144. The van der Waals surface area contributed by atoms with Gasteiger partial charge in [0.25, 0.3) is 0 Å². The summed E-state index contributed by atoms with van der Waals surface area (Å²) < 4.78 is 11.2. The van der Waals surface area contributed by atoms with Crippen molar-refractivity contribution in [2.75, 3.05) is 51.3 Å². The Morgan fingerprint density at radius 1 is 1.00 bits per heavy atom. The first-order valence-corrected chi connectivity index (χ1v) is 9.37. The number of anilines is 1. The number of benzene rings is 2. The predicted molar refractivity (Wildman–Crippen MR) is 106 cm³/mol. The number of hydrogen-bond acceptors (Lipinski definition) is 6. The Hall–Kier alpha value is -2.44. The summed E-state index contributed by atoms with van der Waals surface area (Å²) in [6.45, 7) is 5.41. The molecule has 2 aromatic rings. The lowest BCUT2D eigenvalue weighted by molar-refractivity contribution is 0.219. The number of aliphatic hydroxyl groups excluding tert-OH is 1. The second-order valence-corrected chi connectivity index (χ2v) is 6.65.